The molecule has 0 radical (unpaired) electrons. The van der Waals surface area contributed by atoms with E-state index in [4.69, 9.17) is 0 Å². The Hall–Kier alpha value is 0.310. The van der Waals surface area contributed by atoms with Crippen molar-refractivity contribution in [1.82, 2.24) is 4.72 Å². The molecule has 2 heteroatoms. The van der Waals surface area contributed by atoms with Crippen molar-refractivity contribution in [3.8, 4) is 0 Å². The Morgan fingerprint density at radius 2 is 2.43 bits per heavy atom. The van der Waals surface area contributed by atoms with Crippen LogP contribution in [0.15, 0.2) is 0 Å². The molecular formula is C5H11NS. The van der Waals surface area contributed by atoms with Gasteiger partial charge in [-0.2, -0.15) is 0 Å². The van der Waals surface area contributed by atoms with Crippen molar-refractivity contribution in [2.24, 2.45) is 5.92 Å². The molecule has 1 aliphatic carbocycles. The minimum Gasteiger partial charge on any atom is -0.264 e. The minimum absolute atomic E-state index is 1.02. The summed E-state index contributed by atoms with van der Waals surface area (Å²) in [6, 6.07) is 0. The average molecular weight is 117 g/mol. The molecule has 1 rings (SSSR count). The Balaban J connectivity index is 1.80. The van der Waals surface area contributed by atoms with Gasteiger partial charge in [-0.05, 0) is 25.0 Å². The highest BCUT2D eigenvalue weighted by Gasteiger charge is 2.19. The summed E-state index contributed by atoms with van der Waals surface area (Å²) < 4.78 is 3.23. The van der Waals surface area contributed by atoms with E-state index in [0.29, 0.717) is 0 Å². The summed E-state index contributed by atoms with van der Waals surface area (Å²) in [5.41, 5.74) is 0. The van der Waals surface area contributed by atoms with E-state index >= 15 is 0 Å². The fraction of sp³-hybridized carbons (Fsp3) is 1.00. The van der Waals surface area contributed by atoms with E-state index < -0.39 is 0 Å². The number of rotatable bonds is 3. The number of hydrogen-bond acceptors (Lipinski definition) is 2. The van der Waals surface area contributed by atoms with Crippen molar-refractivity contribution < 1.29 is 0 Å². The molecule has 7 heavy (non-hydrogen) atoms. The van der Waals surface area contributed by atoms with Gasteiger partial charge >= 0.3 is 0 Å². The Morgan fingerprint density at radius 1 is 1.71 bits per heavy atom. The first-order chi connectivity index (χ1) is 3.43. The van der Waals surface area contributed by atoms with Crippen LogP contribution in [0.4, 0.5) is 0 Å². The summed E-state index contributed by atoms with van der Waals surface area (Å²) in [6.07, 6.45) is 4.98. The number of nitrogens with one attached hydrogen (secondary N) is 1. The molecule has 0 aliphatic heterocycles. The Kier molecular flexibility index (Phi) is 2.00. The molecule has 0 atom stereocenters. The minimum atomic E-state index is 1.02. The molecular weight excluding hydrogens is 106 g/mol. The van der Waals surface area contributed by atoms with E-state index in [9.17, 15) is 0 Å². The quantitative estimate of drug-likeness (QED) is 0.559. The van der Waals surface area contributed by atoms with Crippen LogP contribution in [0.25, 0.3) is 0 Å². The Morgan fingerprint density at radius 3 is 2.86 bits per heavy atom. The van der Waals surface area contributed by atoms with Crippen LogP contribution >= 0.6 is 11.9 Å². The molecule has 0 amide bonds. The van der Waals surface area contributed by atoms with E-state index in [2.05, 4.69) is 11.0 Å². The van der Waals surface area contributed by atoms with Gasteiger partial charge in [-0.3, -0.25) is 4.72 Å². The van der Waals surface area contributed by atoms with Gasteiger partial charge in [-0.15, -0.1) is 0 Å². The molecule has 0 aromatic heterocycles. The molecule has 1 fully saturated rings. The highest BCUT2D eigenvalue weighted by molar-refractivity contribution is 7.96. The lowest BCUT2D eigenvalue weighted by molar-refractivity contribution is 0.804. The molecule has 1 nitrogen and oxygen atoms in total. The van der Waals surface area contributed by atoms with Gasteiger partial charge in [-0.25, -0.2) is 0 Å². The fourth-order valence-electron chi connectivity index (χ4n) is 0.523. The van der Waals surface area contributed by atoms with Crippen LogP contribution in [0.3, 0.4) is 0 Å². The lowest BCUT2D eigenvalue weighted by atomic mass is 10.4. The van der Waals surface area contributed by atoms with Crippen molar-refractivity contribution in [3.63, 3.8) is 0 Å². The molecule has 1 aliphatic rings. The standard InChI is InChI=1S/C5H11NS/c1-7-6-4-5-2-3-5/h5-6H,2-4H2,1H3. The summed E-state index contributed by atoms with van der Waals surface area (Å²) in [4.78, 5) is 0. The molecule has 0 bridgehead atoms. The molecule has 1 saturated carbocycles. The first kappa shape index (κ1) is 5.45. The second kappa shape index (κ2) is 2.58. The summed E-state index contributed by atoms with van der Waals surface area (Å²) in [7, 11) is 0. The maximum atomic E-state index is 3.23. The van der Waals surface area contributed by atoms with E-state index in [-0.39, 0.29) is 0 Å². The maximum Gasteiger partial charge on any atom is 0.00867 e. The van der Waals surface area contributed by atoms with Crippen LogP contribution in [-0.2, 0) is 0 Å². The van der Waals surface area contributed by atoms with Crippen LogP contribution in [-0.4, -0.2) is 12.8 Å². The van der Waals surface area contributed by atoms with Gasteiger partial charge in [0.05, 0.1) is 0 Å². The lowest BCUT2D eigenvalue weighted by Gasteiger charge is -1.93. The normalized spacial score (nSPS) is 20.1. The monoisotopic (exact) mass is 117 g/mol. The average Bonchev–Trinajstić information content (AvgIpc) is 2.42. The molecule has 0 aromatic carbocycles. The van der Waals surface area contributed by atoms with Gasteiger partial charge in [0.1, 0.15) is 0 Å². The van der Waals surface area contributed by atoms with E-state index in [1.807, 2.05) is 0 Å². The Labute approximate surface area is 49.0 Å². The van der Waals surface area contributed by atoms with E-state index in [0.717, 1.165) is 5.92 Å². The van der Waals surface area contributed by atoms with Crippen LogP contribution in [0, 0.1) is 5.92 Å². The van der Waals surface area contributed by atoms with E-state index in [1.165, 1.54) is 19.4 Å². The zero-order chi connectivity index (χ0) is 5.11. The fourth-order valence-corrected chi connectivity index (χ4v) is 0.926. The van der Waals surface area contributed by atoms with Crippen molar-refractivity contribution in [3.05, 3.63) is 0 Å². The van der Waals surface area contributed by atoms with Gasteiger partial charge in [0.25, 0.3) is 0 Å². The van der Waals surface area contributed by atoms with Crippen LogP contribution in [0.1, 0.15) is 12.8 Å². The molecule has 0 saturated heterocycles. The van der Waals surface area contributed by atoms with Gasteiger partial charge in [0, 0.05) is 6.54 Å². The third-order valence-corrected chi connectivity index (χ3v) is 1.67. The third-order valence-electron chi connectivity index (χ3n) is 1.21. The summed E-state index contributed by atoms with van der Waals surface area (Å²) in [5.74, 6) is 1.02. The molecule has 42 valence electrons. The largest absolute Gasteiger partial charge is 0.264 e. The van der Waals surface area contributed by atoms with Gasteiger partial charge in [0.2, 0.25) is 0 Å². The maximum absolute atomic E-state index is 3.23. The first-order valence-electron chi connectivity index (χ1n) is 2.69. The SMILES string of the molecule is CSNCC1CC1. The third kappa shape index (κ3) is 2.19. The predicted molar refractivity (Wildman–Crippen MR) is 34.2 cm³/mol. The second-order valence-corrected chi connectivity index (χ2v) is 2.69. The second-order valence-electron chi connectivity index (χ2n) is 2.00. The highest BCUT2D eigenvalue weighted by atomic mass is 32.2. The summed E-state index contributed by atoms with van der Waals surface area (Å²) in [6.45, 7) is 1.22. The topological polar surface area (TPSA) is 12.0 Å². The molecule has 0 aromatic rings. The lowest BCUT2D eigenvalue weighted by Crippen LogP contribution is -2.05. The molecule has 0 spiro atoms. The van der Waals surface area contributed by atoms with Crippen LogP contribution in [0.5, 0.6) is 0 Å². The van der Waals surface area contributed by atoms with Crippen molar-refractivity contribution >= 4 is 11.9 Å². The zero-order valence-corrected chi connectivity index (χ0v) is 5.42. The Bertz CT molecular complexity index is 52.0. The summed E-state index contributed by atoms with van der Waals surface area (Å²) in [5, 5.41) is 0. The van der Waals surface area contributed by atoms with Gasteiger partial charge in [0.15, 0.2) is 0 Å². The summed E-state index contributed by atoms with van der Waals surface area (Å²) >= 11 is 1.72. The van der Waals surface area contributed by atoms with Gasteiger partial charge in [-0.1, -0.05) is 11.9 Å². The molecule has 1 N–H and O–H groups in total. The van der Waals surface area contributed by atoms with Crippen molar-refractivity contribution in [1.29, 1.82) is 0 Å². The highest BCUT2D eigenvalue weighted by Crippen LogP contribution is 2.27. The number of hydrogen-bond donors (Lipinski definition) is 1. The van der Waals surface area contributed by atoms with Crippen molar-refractivity contribution in [2.75, 3.05) is 12.8 Å². The van der Waals surface area contributed by atoms with Crippen molar-refractivity contribution in [2.45, 2.75) is 12.8 Å². The van der Waals surface area contributed by atoms with Gasteiger partial charge < -0.3 is 0 Å². The molecule has 0 heterocycles. The smallest absolute Gasteiger partial charge is 0.00867 e. The van der Waals surface area contributed by atoms with Crippen LogP contribution < -0.4 is 4.72 Å². The predicted octanol–water partition coefficient (Wildman–Crippen LogP) is 1.26. The first-order valence-corrected chi connectivity index (χ1v) is 3.92. The zero-order valence-electron chi connectivity index (χ0n) is 4.61. The molecule has 0 unspecified atom stereocenters. The van der Waals surface area contributed by atoms with Crippen LogP contribution in [0.2, 0.25) is 0 Å². The van der Waals surface area contributed by atoms with E-state index in [1.54, 1.807) is 11.9 Å².